The van der Waals surface area contributed by atoms with Gasteiger partial charge in [0, 0.05) is 10.6 Å². The second kappa shape index (κ2) is 3.83. The first-order chi connectivity index (χ1) is 8.62. The van der Waals surface area contributed by atoms with E-state index in [9.17, 15) is 5.11 Å². The third kappa shape index (κ3) is 1.45. The molecule has 0 fully saturated rings. The van der Waals surface area contributed by atoms with Gasteiger partial charge in [-0.1, -0.05) is 41.9 Å². The molecule has 0 amide bonds. The fourth-order valence-corrected chi connectivity index (χ4v) is 2.43. The van der Waals surface area contributed by atoms with Gasteiger partial charge >= 0.3 is 0 Å². The van der Waals surface area contributed by atoms with Gasteiger partial charge in [0.1, 0.15) is 5.84 Å². The second-order valence-corrected chi connectivity index (χ2v) is 4.67. The number of nitrogens with zero attached hydrogens (tertiary/aromatic N) is 1. The van der Waals surface area contributed by atoms with Crippen LogP contribution in [0.5, 0.6) is 0 Å². The van der Waals surface area contributed by atoms with E-state index in [1.807, 2.05) is 24.3 Å². The van der Waals surface area contributed by atoms with E-state index in [1.165, 1.54) is 0 Å². The van der Waals surface area contributed by atoms with Crippen LogP contribution in [0.3, 0.4) is 0 Å². The second-order valence-electron chi connectivity index (χ2n) is 4.23. The van der Waals surface area contributed by atoms with E-state index in [2.05, 4.69) is 4.99 Å². The predicted molar refractivity (Wildman–Crippen MR) is 72.2 cm³/mol. The summed E-state index contributed by atoms with van der Waals surface area (Å²) < 4.78 is 0. The van der Waals surface area contributed by atoms with Crippen LogP contribution in [0.1, 0.15) is 11.1 Å². The molecule has 3 rings (SSSR count). The minimum atomic E-state index is -1.39. The highest BCUT2D eigenvalue weighted by molar-refractivity contribution is 6.30. The van der Waals surface area contributed by atoms with Crippen molar-refractivity contribution in [1.82, 2.24) is 0 Å². The van der Waals surface area contributed by atoms with E-state index in [1.54, 1.807) is 24.3 Å². The lowest BCUT2D eigenvalue weighted by atomic mass is 9.86. The summed E-state index contributed by atoms with van der Waals surface area (Å²) in [6.45, 7) is 0. The minimum Gasteiger partial charge on any atom is -0.384 e. The van der Waals surface area contributed by atoms with Gasteiger partial charge in [0.05, 0.1) is 5.69 Å². The number of benzene rings is 2. The van der Waals surface area contributed by atoms with Crippen LogP contribution in [0.2, 0.25) is 5.02 Å². The van der Waals surface area contributed by atoms with Gasteiger partial charge in [-0.3, -0.25) is 0 Å². The lowest BCUT2D eigenvalue weighted by Gasteiger charge is -2.24. The predicted octanol–water partition coefficient (Wildman–Crippen LogP) is 2.58. The first-order valence-corrected chi connectivity index (χ1v) is 5.93. The summed E-state index contributed by atoms with van der Waals surface area (Å²) in [5.41, 5.74) is 6.52. The quantitative estimate of drug-likeness (QED) is 0.826. The first kappa shape index (κ1) is 11.3. The maximum atomic E-state index is 10.9. The molecular formula is C14H11ClN2O. The molecule has 0 saturated heterocycles. The molecule has 0 aliphatic carbocycles. The van der Waals surface area contributed by atoms with Crippen molar-refractivity contribution in [3.05, 3.63) is 64.7 Å². The third-order valence-electron chi connectivity index (χ3n) is 3.15. The van der Waals surface area contributed by atoms with E-state index in [0.29, 0.717) is 21.8 Å². The Morgan fingerprint density at radius 2 is 1.89 bits per heavy atom. The maximum absolute atomic E-state index is 10.9. The van der Waals surface area contributed by atoms with Crippen molar-refractivity contribution in [1.29, 1.82) is 0 Å². The number of aliphatic hydroxyl groups is 1. The standard InChI is InChI=1S/C14H11ClN2O/c15-10-5-3-4-9(8-10)14(18)11-6-1-2-7-12(11)17-13(14)16/h1-8,18H,(H2,16,17). The molecule has 18 heavy (non-hydrogen) atoms. The van der Waals surface area contributed by atoms with E-state index in [4.69, 9.17) is 17.3 Å². The van der Waals surface area contributed by atoms with Gasteiger partial charge in [-0.2, -0.15) is 0 Å². The molecule has 0 radical (unpaired) electrons. The highest BCUT2D eigenvalue weighted by Crippen LogP contribution is 2.41. The van der Waals surface area contributed by atoms with Crippen LogP contribution in [-0.2, 0) is 5.60 Å². The van der Waals surface area contributed by atoms with Gasteiger partial charge in [0.25, 0.3) is 0 Å². The topological polar surface area (TPSA) is 58.6 Å². The monoisotopic (exact) mass is 258 g/mol. The molecule has 0 saturated carbocycles. The average Bonchev–Trinajstić information content (AvgIpc) is 2.63. The van der Waals surface area contributed by atoms with Crippen LogP contribution in [-0.4, -0.2) is 10.9 Å². The van der Waals surface area contributed by atoms with Crippen molar-refractivity contribution in [3.63, 3.8) is 0 Å². The Balaban J connectivity index is 2.25. The summed E-state index contributed by atoms with van der Waals surface area (Å²) in [5, 5.41) is 11.4. The SMILES string of the molecule is NC1=Nc2ccccc2C1(O)c1cccc(Cl)c1. The number of rotatable bonds is 1. The smallest absolute Gasteiger partial charge is 0.174 e. The normalized spacial score (nSPS) is 21.6. The Bertz CT molecular complexity index is 654. The molecule has 1 aliphatic rings. The molecule has 1 unspecified atom stereocenters. The fraction of sp³-hybridized carbons (Fsp3) is 0.0714. The number of fused-ring (bicyclic) bond motifs is 1. The Morgan fingerprint density at radius 1 is 1.11 bits per heavy atom. The van der Waals surface area contributed by atoms with Crippen molar-refractivity contribution < 1.29 is 5.11 Å². The highest BCUT2D eigenvalue weighted by Gasteiger charge is 2.42. The van der Waals surface area contributed by atoms with Crippen LogP contribution in [0.15, 0.2) is 53.5 Å². The molecule has 4 heteroatoms. The van der Waals surface area contributed by atoms with E-state index in [0.717, 1.165) is 0 Å². The Labute approximate surface area is 110 Å². The Morgan fingerprint density at radius 3 is 2.67 bits per heavy atom. The molecule has 2 aromatic rings. The van der Waals surface area contributed by atoms with Gasteiger partial charge in [-0.25, -0.2) is 4.99 Å². The zero-order valence-electron chi connectivity index (χ0n) is 9.47. The van der Waals surface area contributed by atoms with Crippen molar-refractivity contribution in [2.75, 3.05) is 0 Å². The largest absolute Gasteiger partial charge is 0.384 e. The number of nitrogens with two attached hydrogens (primary N) is 1. The summed E-state index contributed by atoms with van der Waals surface area (Å²) in [7, 11) is 0. The van der Waals surface area contributed by atoms with Crippen molar-refractivity contribution in [3.8, 4) is 0 Å². The lowest BCUT2D eigenvalue weighted by Crippen LogP contribution is -2.39. The molecule has 0 aromatic heterocycles. The lowest BCUT2D eigenvalue weighted by molar-refractivity contribution is 0.158. The Hall–Kier alpha value is -1.84. The Kier molecular flexibility index (Phi) is 2.40. The van der Waals surface area contributed by atoms with Gasteiger partial charge in [-0.05, 0) is 23.8 Å². The van der Waals surface area contributed by atoms with Gasteiger partial charge < -0.3 is 10.8 Å². The summed E-state index contributed by atoms with van der Waals surface area (Å²) in [6.07, 6.45) is 0. The highest BCUT2D eigenvalue weighted by atomic mass is 35.5. The number of amidine groups is 1. The first-order valence-electron chi connectivity index (χ1n) is 5.55. The van der Waals surface area contributed by atoms with Crippen LogP contribution in [0.4, 0.5) is 5.69 Å². The molecule has 0 spiro atoms. The zero-order chi connectivity index (χ0) is 12.8. The fourth-order valence-electron chi connectivity index (χ4n) is 2.24. The van der Waals surface area contributed by atoms with Crippen molar-refractivity contribution in [2.24, 2.45) is 10.7 Å². The van der Waals surface area contributed by atoms with Crippen LogP contribution >= 0.6 is 11.6 Å². The minimum absolute atomic E-state index is 0.172. The summed E-state index contributed by atoms with van der Waals surface area (Å²) >= 11 is 5.97. The summed E-state index contributed by atoms with van der Waals surface area (Å²) in [5.74, 6) is 0.172. The molecule has 90 valence electrons. The van der Waals surface area contributed by atoms with Crippen LogP contribution in [0, 0.1) is 0 Å². The number of para-hydroxylation sites is 1. The molecule has 1 heterocycles. The number of halogens is 1. The number of hydrogen-bond acceptors (Lipinski definition) is 3. The molecule has 2 aromatic carbocycles. The molecule has 3 N–H and O–H groups in total. The molecule has 0 bridgehead atoms. The van der Waals surface area contributed by atoms with Crippen molar-refractivity contribution in [2.45, 2.75) is 5.60 Å². The van der Waals surface area contributed by atoms with Gasteiger partial charge in [-0.15, -0.1) is 0 Å². The molecule has 1 atom stereocenters. The van der Waals surface area contributed by atoms with Crippen molar-refractivity contribution >= 4 is 23.1 Å². The summed E-state index contributed by atoms with van der Waals surface area (Å²) in [4.78, 5) is 4.21. The van der Waals surface area contributed by atoms with Gasteiger partial charge in [0.15, 0.2) is 5.60 Å². The zero-order valence-corrected chi connectivity index (χ0v) is 10.2. The molecular weight excluding hydrogens is 248 g/mol. The van der Waals surface area contributed by atoms with E-state index in [-0.39, 0.29) is 5.84 Å². The van der Waals surface area contributed by atoms with Gasteiger partial charge in [0.2, 0.25) is 0 Å². The number of aliphatic imine (C=N–C) groups is 1. The average molecular weight is 259 g/mol. The number of hydrogen-bond donors (Lipinski definition) is 2. The van der Waals surface area contributed by atoms with Crippen LogP contribution < -0.4 is 5.73 Å². The summed E-state index contributed by atoms with van der Waals surface area (Å²) in [6, 6.07) is 14.4. The van der Waals surface area contributed by atoms with E-state index < -0.39 is 5.60 Å². The third-order valence-corrected chi connectivity index (χ3v) is 3.38. The maximum Gasteiger partial charge on any atom is 0.174 e. The molecule has 3 nitrogen and oxygen atoms in total. The van der Waals surface area contributed by atoms with E-state index >= 15 is 0 Å². The molecule has 1 aliphatic heterocycles. The van der Waals surface area contributed by atoms with Crippen LogP contribution in [0.25, 0.3) is 0 Å².